The van der Waals surface area contributed by atoms with Crippen molar-refractivity contribution in [2.24, 2.45) is 0 Å². The number of rotatable bonds is 9. The minimum absolute atomic E-state index is 0.0385. The van der Waals surface area contributed by atoms with Crippen molar-refractivity contribution in [2.45, 2.75) is 51.7 Å². The Hall–Kier alpha value is -2.82. The zero-order valence-corrected chi connectivity index (χ0v) is 16.0. The highest BCUT2D eigenvalue weighted by molar-refractivity contribution is 5.78. The van der Waals surface area contributed by atoms with E-state index >= 15 is 0 Å². The molecule has 0 heterocycles. The fraction of sp³-hybridized carbons (Fsp3) is 0.364. The SMILES string of the molecule is CC(C)Oc1ccc([C@H](CC(=O)[O-])NC(=O)C[C@H](C)c2ccccc2)cc1. The van der Waals surface area contributed by atoms with E-state index in [0.29, 0.717) is 11.3 Å². The first kappa shape index (κ1) is 20.5. The van der Waals surface area contributed by atoms with E-state index in [1.54, 1.807) is 24.3 Å². The molecule has 0 aliphatic rings. The first-order valence-electron chi connectivity index (χ1n) is 9.16. The molecule has 2 aromatic rings. The van der Waals surface area contributed by atoms with Crippen molar-refractivity contribution >= 4 is 11.9 Å². The van der Waals surface area contributed by atoms with Crippen molar-refractivity contribution in [1.29, 1.82) is 0 Å². The lowest BCUT2D eigenvalue weighted by molar-refractivity contribution is -0.306. The third-order valence-corrected chi connectivity index (χ3v) is 4.22. The maximum Gasteiger partial charge on any atom is 0.221 e. The molecule has 0 bridgehead atoms. The van der Waals surface area contributed by atoms with Crippen LogP contribution in [0.4, 0.5) is 0 Å². The molecule has 5 nitrogen and oxygen atoms in total. The van der Waals surface area contributed by atoms with Crippen molar-refractivity contribution in [2.75, 3.05) is 0 Å². The van der Waals surface area contributed by atoms with Gasteiger partial charge in [-0.15, -0.1) is 0 Å². The van der Waals surface area contributed by atoms with E-state index in [2.05, 4.69) is 5.32 Å². The molecular formula is C22H26NO4-. The predicted octanol–water partition coefficient (Wildman–Crippen LogP) is 2.96. The Morgan fingerprint density at radius 1 is 0.926 bits per heavy atom. The van der Waals surface area contributed by atoms with Crippen LogP contribution in [0.2, 0.25) is 0 Å². The van der Waals surface area contributed by atoms with Gasteiger partial charge in [0.2, 0.25) is 5.91 Å². The molecule has 0 aromatic heterocycles. The molecule has 0 fully saturated rings. The molecule has 0 saturated heterocycles. The number of carbonyl (C=O) groups excluding carboxylic acids is 2. The first-order valence-corrected chi connectivity index (χ1v) is 9.16. The Morgan fingerprint density at radius 2 is 1.56 bits per heavy atom. The van der Waals surface area contributed by atoms with E-state index in [4.69, 9.17) is 4.74 Å². The van der Waals surface area contributed by atoms with Gasteiger partial charge in [-0.1, -0.05) is 49.4 Å². The zero-order valence-electron chi connectivity index (χ0n) is 16.0. The van der Waals surface area contributed by atoms with Gasteiger partial charge in [0.05, 0.1) is 12.1 Å². The third kappa shape index (κ3) is 6.77. The van der Waals surface area contributed by atoms with Crippen LogP contribution in [0.1, 0.15) is 56.7 Å². The van der Waals surface area contributed by atoms with Crippen LogP contribution in [0.3, 0.4) is 0 Å². The average molecular weight is 368 g/mol. The van der Waals surface area contributed by atoms with Gasteiger partial charge in [-0.2, -0.15) is 0 Å². The summed E-state index contributed by atoms with van der Waals surface area (Å²) in [5, 5.41) is 14.0. The highest BCUT2D eigenvalue weighted by Crippen LogP contribution is 2.23. The number of carbonyl (C=O) groups is 2. The van der Waals surface area contributed by atoms with E-state index < -0.39 is 12.0 Å². The summed E-state index contributed by atoms with van der Waals surface area (Å²) in [4.78, 5) is 23.6. The van der Waals surface area contributed by atoms with Crippen molar-refractivity contribution in [3.8, 4) is 5.75 Å². The molecule has 144 valence electrons. The quantitative estimate of drug-likeness (QED) is 0.738. The van der Waals surface area contributed by atoms with Crippen LogP contribution in [0, 0.1) is 0 Å². The Labute approximate surface area is 160 Å². The molecule has 0 spiro atoms. The van der Waals surface area contributed by atoms with Crippen LogP contribution >= 0.6 is 0 Å². The van der Waals surface area contributed by atoms with Crippen LogP contribution in [0.25, 0.3) is 0 Å². The molecule has 2 rings (SSSR count). The summed E-state index contributed by atoms with van der Waals surface area (Å²) in [6, 6.07) is 16.2. The molecule has 1 N–H and O–H groups in total. The van der Waals surface area contributed by atoms with Crippen LogP contribution < -0.4 is 15.2 Å². The summed E-state index contributed by atoms with van der Waals surface area (Å²) in [7, 11) is 0. The van der Waals surface area contributed by atoms with Gasteiger partial charge < -0.3 is 20.0 Å². The van der Waals surface area contributed by atoms with E-state index in [-0.39, 0.29) is 30.8 Å². The number of aliphatic carboxylic acids is 1. The fourth-order valence-electron chi connectivity index (χ4n) is 2.90. The van der Waals surface area contributed by atoms with E-state index in [9.17, 15) is 14.7 Å². The van der Waals surface area contributed by atoms with Crippen LogP contribution in [-0.4, -0.2) is 18.0 Å². The molecule has 0 unspecified atom stereocenters. The third-order valence-electron chi connectivity index (χ3n) is 4.22. The predicted molar refractivity (Wildman–Crippen MR) is 102 cm³/mol. The molecule has 2 aromatic carbocycles. The molecule has 0 aliphatic carbocycles. The Balaban J connectivity index is 2.05. The van der Waals surface area contributed by atoms with Crippen molar-refractivity contribution in [3.63, 3.8) is 0 Å². The topological polar surface area (TPSA) is 78.5 Å². The van der Waals surface area contributed by atoms with Gasteiger partial charge in [0.1, 0.15) is 5.75 Å². The van der Waals surface area contributed by atoms with Gasteiger partial charge in [0.25, 0.3) is 0 Å². The van der Waals surface area contributed by atoms with Gasteiger partial charge in [-0.3, -0.25) is 4.79 Å². The largest absolute Gasteiger partial charge is 0.550 e. The van der Waals surface area contributed by atoms with E-state index in [0.717, 1.165) is 5.56 Å². The van der Waals surface area contributed by atoms with Crippen LogP contribution in [0.15, 0.2) is 54.6 Å². The second-order valence-electron chi connectivity index (χ2n) is 6.95. The molecule has 5 heteroatoms. The number of amides is 1. The molecule has 2 atom stereocenters. The van der Waals surface area contributed by atoms with E-state index in [1.807, 2.05) is 51.1 Å². The minimum atomic E-state index is -1.21. The monoisotopic (exact) mass is 368 g/mol. The highest BCUT2D eigenvalue weighted by atomic mass is 16.5. The molecule has 27 heavy (non-hydrogen) atoms. The van der Waals surface area contributed by atoms with E-state index in [1.165, 1.54) is 0 Å². The van der Waals surface area contributed by atoms with Gasteiger partial charge in [0.15, 0.2) is 0 Å². The lowest BCUT2D eigenvalue weighted by Crippen LogP contribution is -2.34. The number of hydrogen-bond donors (Lipinski definition) is 1. The lowest BCUT2D eigenvalue weighted by Gasteiger charge is -2.21. The Bertz CT molecular complexity index is 741. The number of carboxylic acids is 1. The van der Waals surface area contributed by atoms with Gasteiger partial charge in [-0.05, 0) is 43.0 Å². The summed E-state index contributed by atoms with van der Waals surface area (Å²) in [5.41, 5.74) is 1.77. The summed E-state index contributed by atoms with van der Waals surface area (Å²) in [6.45, 7) is 5.84. The molecule has 0 saturated carbocycles. The highest BCUT2D eigenvalue weighted by Gasteiger charge is 2.18. The fourth-order valence-corrected chi connectivity index (χ4v) is 2.90. The summed E-state index contributed by atoms with van der Waals surface area (Å²) < 4.78 is 5.60. The van der Waals surface area contributed by atoms with Crippen LogP contribution in [-0.2, 0) is 9.59 Å². The smallest absolute Gasteiger partial charge is 0.221 e. The number of benzene rings is 2. The lowest BCUT2D eigenvalue weighted by atomic mass is 9.97. The van der Waals surface area contributed by atoms with Crippen molar-refractivity contribution in [1.82, 2.24) is 5.32 Å². The second kappa shape index (κ2) is 9.76. The summed E-state index contributed by atoms with van der Waals surface area (Å²) >= 11 is 0. The molecule has 1 amide bonds. The minimum Gasteiger partial charge on any atom is -0.550 e. The standard InChI is InChI=1S/C22H27NO4/c1-15(2)27-19-11-9-18(10-12-19)20(14-22(25)26)23-21(24)13-16(3)17-7-5-4-6-8-17/h4-12,15-16,20H,13-14H2,1-3H3,(H,23,24)(H,25,26)/p-1/t16-,20-/m0/s1. The first-order chi connectivity index (χ1) is 12.8. The number of ether oxygens (including phenoxy) is 1. The second-order valence-corrected chi connectivity index (χ2v) is 6.95. The number of carboxylic acid groups (broad SMARTS) is 1. The number of nitrogens with one attached hydrogen (secondary N) is 1. The van der Waals surface area contributed by atoms with Crippen molar-refractivity contribution in [3.05, 3.63) is 65.7 Å². The molecular weight excluding hydrogens is 342 g/mol. The summed E-state index contributed by atoms with van der Waals surface area (Å²) in [6.07, 6.45) is 0.0480. The average Bonchev–Trinajstić information content (AvgIpc) is 2.61. The Morgan fingerprint density at radius 3 is 2.11 bits per heavy atom. The van der Waals surface area contributed by atoms with Gasteiger partial charge in [-0.25, -0.2) is 0 Å². The van der Waals surface area contributed by atoms with Gasteiger partial charge >= 0.3 is 0 Å². The normalized spacial score (nSPS) is 13.0. The zero-order chi connectivity index (χ0) is 19.8. The number of hydrogen-bond acceptors (Lipinski definition) is 4. The van der Waals surface area contributed by atoms with Crippen LogP contribution in [0.5, 0.6) is 5.75 Å². The Kier molecular flexibility index (Phi) is 7.41. The maximum absolute atomic E-state index is 12.5. The van der Waals surface area contributed by atoms with Crippen molar-refractivity contribution < 1.29 is 19.4 Å². The molecule has 0 aliphatic heterocycles. The van der Waals surface area contributed by atoms with Gasteiger partial charge in [0, 0.05) is 18.8 Å². The molecule has 0 radical (unpaired) electrons. The maximum atomic E-state index is 12.5. The summed E-state index contributed by atoms with van der Waals surface area (Å²) in [5.74, 6) is -0.666.